The van der Waals surface area contributed by atoms with Gasteiger partial charge in [0.1, 0.15) is 0 Å². The second-order valence-electron chi connectivity index (χ2n) is 3.21. The zero-order chi connectivity index (χ0) is 10.6. The molecule has 0 spiro atoms. The summed E-state index contributed by atoms with van der Waals surface area (Å²) in [5.74, 6) is 0. The quantitative estimate of drug-likeness (QED) is 0.753. The smallest absolute Gasteiger partial charge is 0.0780 e. The molecule has 2 unspecified atom stereocenters. The van der Waals surface area contributed by atoms with Crippen LogP contribution in [0.15, 0.2) is 6.20 Å². The molecular formula is C9H18N4O. The van der Waals surface area contributed by atoms with Crippen LogP contribution in [0.5, 0.6) is 0 Å². The third-order valence-corrected chi connectivity index (χ3v) is 2.27. The van der Waals surface area contributed by atoms with Gasteiger partial charge in [0.25, 0.3) is 0 Å². The molecule has 0 bridgehead atoms. The van der Waals surface area contributed by atoms with Crippen LogP contribution in [-0.2, 0) is 11.8 Å². The number of nitrogens with two attached hydrogens (primary N) is 1. The Morgan fingerprint density at radius 1 is 1.57 bits per heavy atom. The van der Waals surface area contributed by atoms with E-state index in [-0.39, 0.29) is 12.1 Å². The van der Waals surface area contributed by atoms with Crippen molar-refractivity contribution in [1.82, 2.24) is 15.0 Å². The van der Waals surface area contributed by atoms with Gasteiger partial charge in [-0.15, -0.1) is 5.10 Å². The molecule has 5 nitrogen and oxygen atoms in total. The fraction of sp³-hybridized carbons (Fsp3) is 0.778. The summed E-state index contributed by atoms with van der Waals surface area (Å²) in [4.78, 5) is 0. The summed E-state index contributed by atoms with van der Waals surface area (Å²) in [5, 5.41) is 7.64. The molecule has 0 saturated carbocycles. The van der Waals surface area contributed by atoms with Gasteiger partial charge in [-0.2, -0.15) is 0 Å². The summed E-state index contributed by atoms with van der Waals surface area (Å²) in [6, 6.07) is -0.153. The first-order valence-corrected chi connectivity index (χ1v) is 4.92. The molecule has 1 aromatic heterocycles. The van der Waals surface area contributed by atoms with Gasteiger partial charge in [-0.25, -0.2) is 0 Å². The lowest BCUT2D eigenvalue weighted by Gasteiger charge is -2.21. The highest BCUT2D eigenvalue weighted by atomic mass is 16.5. The van der Waals surface area contributed by atoms with Gasteiger partial charge in [0.05, 0.1) is 24.0 Å². The van der Waals surface area contributed by atoms with E-state index in [1.54, 1.807) is 10.9 Å². The van der Waals surface area contributed by atoms with Crippen molar-refractivity contribution in [2.24, 2.45) is 12.8 Å². The minimum atomic E-state index is -0.153. The van der Waals surface area contributed by atoms with Crippen LogP contribution in [0.1, 0.15) is 32.0 Å². The number of aryl methyl sites for hydroxylation is 1. The van der Waals surface area contributed by atoms with Crippen LogP contribution < -0.4 is 5.73 Å². The maximum atomic E-state index is 6.06. The van der Waals surface area contributed by atoms with Crippen LogP contribution in [0.4, 0.5) is 0 Å². The van der Waals surface area contributed by atoms with Crippen molar-refractivity contribution in [3.05, 3.63) is 11.9 Å². The highest BCUT2D eigenvalue weighted by molar-refractivity contribution is 5.03. The van der Waals surface area contributed by atoms with E-state index >= 15 is 0 Å². The molecular weight excluding hydrogens is 180 g/mol. The lowest BCUT2D eigenvalue weighted by atomic mass is 10.1. The zero-order valence-electron chi connectivity index (χ0n) is 8.97. The van der Waals surface area contributed by atoms with Gasteiger partial charge < -0.3 is 10.5 Å². The Morgan fingerprint density at radius 3 is 2.71 bits per heavy atom. The second-order valence-corrected chi connectivity index (χ2v) is 3.21. The van der Waals surface area contributed by atoms with Gasteiger partial charge in [0.2, 0.25) is 0 Å². The van der Waals surface area contributed by atoms with Crippen molar-refractivity contribution >= 4 is 0 Å². The van der Waals surface area contributed by atoms with Gasteiger partial charge in [-0.1, -0.05) is 12.1 Å². The molecule has 0 fully saturated rings. The van der Waals surface area contributed by atoms with Crippen molar-refractivity contribution < 1.29 is 4.74 Å². The molecule has 0 aliphatic rings. The number of ether oxygens (including phenoxy) is 1. The topological polar surface area (TPSA) is 66.0 Å². The van der Waals surface area contributed by atoms with Gasteiger partial charge in [-0.3, -0.25) is 4.68 Å². The first kappa shape index (κ1) is 11.1. The highest BCUT2D eigenvalue weighted by Gasteiger charge is 2.20. The number of aromatic nitrogens is 3. The maximum absolute atomic E-state index is 6.06. The molecule has 0 amide bonds. The predicted octanol–water partition coefficient (Wildman–Crippen LogP) is 0.630. The fourth-order valence-electron chi connectivity index (χ4n) is 1.48. The van der Waals surface area contributed by atoms with E-state index in [0.29, 0.717) is 6.61 Å². The summed E-state index contributed by atoms with van der Waals surface area (Å²) < 4.78 is 7.22. The molecule has 80 valence electrons. The van der Waals surface area contributed by atoms with E-state index in [2.05, 4.69) is 17.2 Å². The Kier molecular flexibility index (Phi) is 4.03. The summed E-state index contributed by atoms with van der Waals surface area (Å²) >= 11 is 0. The average Bonchev–Trinajstić information content (AvgIpc) is 2.59. The zero-order valence-corrected chi connectivity index (χ0v) is 8.97. The monoisotopic (exact) mass is 198 g/mol. The van der Waals surface area contributed by atoms with Crippen molar-refractivity contribution in [2.75, 3.05) is 6.61 Å². The summed E-state index contributed by atoms with van der Waals surface area (Å²) in [7, 11) is 1.83. The van der Waals surface area contributed by atoms with Crippen LogP contribution in [0.25, 0.3) is 0 Å². The molecule has 0 aromatic carbocycles. The molecule has 0 aliphatic heterocycles. The van der Waals surface area contributed by atoms with Crippen molar-refractivity contribution in [2.45, 2.75) is 32.4 Å². The largest absolute Gasteiger partial charge is 0.376 e. The van der Waals surface area contributed by atoms with Crippen molar-refractivity contribution in [3.63, 3.8) is 0 Å². The number of hydrogen-bond donors (Lipinski definition) is 1. The van der Waals surface area contributed by atoms with Gasteiger partial charge in [0.15, 0.2) is 0 Å². The molecule has 14 heavy (non-hydrogen) atoms. The van der Waals surface area contributed by atoms with E-state index in [1.165, 1.54) is 0 Å². The second kappa shape index (κ2) is 5.07. The van der Waals surface area contributed by atoms with Crippen LogP contribution >= 0.6 is 0 Å². The Morgan fingerprint density at radius 2 is 2.29 bits per heavy atom. The van der Waals surface area contributed by atoms with Gasteiger partial charge in [0, 0.05) is 13.7 Å². The Balaban J connectivity index is 2.72. The minimum absolute atomic E-state index is 0.0391. The third-order valence-electron chi connectivity index (χ3n) is 2.27. The SMILES string of the molecule is CCOC(CC)C(N)c1cnnn1C. The Bertz CT molecular complexity index is 274. The number of hydrogen-bond acceptors (Lipinski definition) is 4. The minimum Gasteiger partial charge on any atom is -0.376 e. The predicted molar refractivity (Wildman–Crippen MR) is 53.6 cm³/mol. The molecule has 5 heteroatoms. The van der Waals surface area contributed by atoms with Crippen LogP contribution in [0.2, 0.25) is 0 Å². The summed E-state index contributed by atoms with van der Waals surface area (Å²) in [6.07, 6.45) is 2.62. The maximum Gasteiger partial charge on any atom is 0.0780 e. The number of nitrogens with zero attached hydrogens (tertiary/aromatic N) is 3. The van der Waals surface area contributed by atoms with Crippen LogP contribution in [-0.4, -0.2) is 27.7 Å². The normalized spacial score (nSPS) is 15.4. The first-order valence-electron chi connectivity index (χ1n) is 4.92. The lowest BCUT2D eigenvalue weighted by Crippen LogP contribution is -2.30. The van der Waals surface area contributed by atoms with Gasteiger partial charge in [-0.05, 0) is 13.3 Å². The van der Waals surface area contributed by atoms with E-state index in [0.717, 1.165) is 12.1 Å². The van der Waals surface area contributed by atoms with E-state index in [9.17, 15) is 0 Å². The average molecular weight is 198 g/mol. The summed E-state index contributed by atoms with van der Waals surface area (Å²) in [5.41, 5.74) is 6.96. The van der Waals surface area contributed by atoms with Gasteiger partial charge >= 0.3 is 0 Å². The van der Waals surface area contributed by atoms with Crippen molar-refractivity contribution in [1.29, 1.82) is 0 Å². The van der Waals surface area contributed by atoms with Crippen molar-refractivity contribution in [3.8, 4) is 0 Å². The van der Waals surface area contributed by atoms with Crippen LogP contribution in [0.3, 0.4) is 0 Å². The van der Waals surface area contributed by atoms with Crippen LogP contribution in [0, 0.1) is 0 Å². The Labute approximate surface area is 84.2 Å². The fourth-order valence-corrected chi connectivity index (χ4v) is 1.48. The third kappa shape index (κ3) is 2.30. The molecule has 2 N–H and O–H groups in total. The summed E-state index contributed by atoms with van der Waals surface area (Å²) in [6.45, 7) is 4.71. The molecule has 1 aromatic rings. The lowest BCUT2D eigenvalue weighted by molar-refractivity contribution is 0.0395. The molecule has 2 atom stereocenters. The standard InChI is InChI=1S/C9H18N4O/c1-4-8(14-5-2)9(10)7-6-11-12-13(7)3/h6,8-9H,4-5,10H2,1-3H3. The highest BCUT2D eigenvalue weighted by Crippen LogP contribution is 2.17. The molecule has 0 radical (unpaired) electrons. The molecule has 1 heterocycles. The molecule has 0 aliphatic carbocycles. The van der Waals surface area contributed by atoms with E-state index < -0.39 is 0 Å². The Hall–Kier alpha value is -0.940. The first-order chi connectivity index (χ1) is 6.70. The number of rotatable bonds is 5. The molecule has 0 saturated heterocycles. The van der Waals surface area contributed by atoms with E-state index in [4.69, 9.17) is 10.5 Å². The van der Waals surface area contributed by atoms with E-state index in [1.807, 2.05) is 14.0 Å². The molecule has 1 rings (SSSR count).